The van der Waals surface area contributed by atoms with Gasteiger partial charge in [-0.15, -0.1) is 0 Å². The van der Waals surface area contributed by atoms with Crippen molar-refractivity contribution < 1.29 is 9.13 Å². The van der Waals surface area contributed by atoms with Crippen molar-refractivity contribution in [1.82, 2.24) is 5.32 Å². The number of halogens is 2. The van der Waals surface area contributed by atoms with Gasteiger partial charge < -0.3 is 10.1 Å². The van der Waals surface area contributed by atoms with Crippen LogP contribution < -0.4 is 10.1 Å². The van der Waals surface area contributed by atoms with E-state index in [4.69, 9.17) is 4.74 Å². The summed E-state index contributed by atoms with van der Waals surface area (Å²) in [6.07, 6.45) is 0.949. The Hall–Kier alpha value is -0.610. The molecule has 4 heteroatoms. The van der Waals surface area contributed by atoms with Crippen molar-refractivity contribution in [2.24, 2.45) is 0 Å². The molecule has 1 aromatic rings. The van der Waals surface area contributed by atoms with Crippen LogP contribution >= 0.6 is 15.9 Å². The lowest BCUT2D eigenvalue weighted by Gasteiger charge is -2.27. The molecule has 0 saturated carbocycles. The highest BCUT2D eigenvalue weighted by Crippen LogP contribution is 2.23. The quantitative estimate of drug-likeness (QED) is 0.851. The zero-order chi connectivity index (χ0) is 13.8. The Balaban J connectivity index is 2.54. The van der Waals surface area contributed by atoms with Crippen LogP contribution in [0.15, 0.2) is 22.7 Å². The first kappa shape index (κ1) is 15.4. The van der Waals surface area contributed by atoms with Crippen molar-refractivity contribution in [3.8, 4) is 5.75 Å². The Labute approximate surface area is 117 Å². The van der Waals surface area contributed by atoms with Crippen molar-refractivity contribution >= 4 is 15.9 Å². The number of hydrogen-bond acceptors (Lipinski definition) is 2. The van der Waals surface area contributed by atoms with Crippen LogP contribution in [0.2, 0.25) is 0 Å². The van der Waals surface area contributed by atoms with Crippen LogP contribution in [0.25, 0.3) is 0 Å². The summed E-state index contributed by atoms with van der Waals surface area (Å²) < 4.78 is 19.9. The van der Waals surface area contributed by atoms with Crippen molar-refractivity contribution in [2.45, 2.75) is 45.8 Å². The molecular weight excluding hydrogens is 297 g/mol. The molecule has 0 fully saturated rings. The van der Waals surface area contributed by atoms with E-state index in [1.807, 2.05) is 6.92 Å². The molecule has 1 unspecified atom stereocenters. The van der Waals surface area contributed by atoms with Crippen molar-refractivity contribution in [3.05, 3.63) is 28.5 Å². The highest BCUT2D eigenvalue weighted by atomic mass is 79.9. The number of nitrogens with one attached hydrogen (secondary N) is 1. The third kappa shape index (κ3) is 4.94. The largest absolute Gasteiger partial charge is 0.486 e. The molecule has 0 aromatic heterocycles. The van der Waals surface area contributed by atoms with E-state index < -0.39 is 0 Å². The summed E-state index contributed by atoms with van der Waals surface area (Å²) in [7, 11) is 0. The van der Waals surface area contributed by atoms with E-state index in [2.05, 4.69) is 42.0 Å². The van der Waals surface area contributed by atoms with Gasteiger partial charge in [0.1, 0.15) is 6.10 Å². The van der Waals surface area contributed by atoms with Gasteiger partial charge in [-0.25, -0.2) is 4.39 Å². The molecule has 0 bridgehead atoms. The van der Waals surface area contributed by atoms with Gasteiger partial charge >= 0.3 is 0 Å². The Morgan fingerprint density at radius 2 is 2.11 bits per heavy atom. The maximum atomic E-state index is 13.5. The molecule has 0 saturated heterocycles. The fraction of sp³-hybridized carbons (Fsp3) is 0.571. The zero-order valence-corrected chi connectivity index (χ0v) is 13.0. The molecule has 0 spiro atoms. The van der Waals surface area contributed by atoms with E-state index in [0.29, 0.717) is 6.54 Å². The molecule has 0 amide bonds. The van der Waals surface area contributed by atoms with Crippen LogP contribution in [0.1, 0.15) is 34.1 Å². The molecule has 102 valence electrons. The lowest BCUT2D eigenvalue weighted by molar-refractivity contribution is 0.191. The minimum Gasteiger partial charge on any atom is -0.486 e. The number of rotatable bonds is 6. The lowest BCUT2D eigenvalue weighted by atomic mass is 10.0. The zero-order valence-electron chi connectivity index (χ0n) is 11.4. The molecule has 1 aromatic carbocycles. The summed E-state index contributed by atoms with van der Waals surface area (Å²) in [5.41, 5.74) is 0.0768. The predicted molar refractivity (Wildman–Crippen MR) is 76.6 cm³/mol. The van der Waals surface area contributed by atoms with Crippen LogP contribution in [0.4, 0.5) is 4.39 Å². The van der Waals surface area contributed by atoms with Gasteiger partial charge in [-0.05, 0) is 45.4 Å². The van der Waals surface area contributed by atoms with E-state index in [1.165, 1.54) is 6.07 Å². The molecule has 0 heterocycles. The van der Waals surface area contributed by atoms with Gasteiger partial charge in [-0.3, -0.25) is 0 Å². The second-order valence-electron chi connectivity index (χ2n) is 5.12. The summed E-state index contributed by atoms with van der Waals surface area (Å²) in [5, 5.41) is 3.40. The second kappa shape index (κ2) is 6.53. The fourth-order valence-corrected chi connectivity index (χ4v) is 1.71. The maximum Gasteiger partial charge on any atom is 0.165 e. The summed E-state index contributed by atoms with van der Waals surface area (Å²) >= 11 is 3.31. The van der Waals surface area contributed by atoms with Crippen molar-refractivity contribution in [1.29, 1.82) is 0 Å². The maximum absolute atomic E-state index is 13.5. The topological polar surface area (TPSA) is 21.3 Å². The molecule has 0 radical (unpaired) electrons. The first-order valence-corrected chi connectivity index (χ1v) is 7.00. The van der Waals surface area contributed by atoms with E-state index >= 15 is 0 Å². The fourth-order valence-electron chi connectivity index (χ4n) is 1.37. The van der Waals surface area contributed by atoms with Gasteiger partial charge in [-0.1, -0.05) is 22.9 Å². The molecule has 1 rings (SSSR count). The van der Waals surface area contributed by atoms with E-state index in [-0.39, 0.29) is 23.2 Å². The molecule has 18 heavy (non-hydrogen) atoms. The van der Waals surface area contributed by atoms with Gasteiger partial charge in [0.15, 0.2) is 11.6 Å². The molecular formula is C14H21BrFNO. The van der Waals surface area contributed by atoms with Gasteiger partial charge in [-0.2, -0.15) is 0 Å². The Kier molecular flexibility index (Phi) is 5.60. The average Bonchev–Trinajstić information content (AvgIpc) is 2.31. The van der Waals surface area contributed by atoms with Crippen LogP contribution in [-0.4, -0.2) is 18.2 Å². The standard InChI is InChI=1S/C14H21BrFNO/c1-5-14(3,4)17-9-10(2)18-13-8-11(15)6-7-12(13)16/h6-8,10,17H,5,9H2,1-4H3. The van der Waals surface area contributed by atoms with Crippen LogP contribution in [0.3, 0.4) is 0 Å². The Bertz CT molecular complexity index is 395. The van der Waals surface area contributed by atoms with Crippen molar-refractivity contribution in [3.63, 3.8) is 0 Å². The predicted octanol–water partition coefficient (Wildman–Crippen LogP) is 4.13. The summed E-state index contributed by atoms with van der Waals surface area (Å²) in [6, 6.07) is 4.71. The van der Waals surface area contributed by atoms with Gasteiger partial charge in [0, 0.05) is 16.6 Å². The lowest BCUT2D eigenvalue weighted by Crippen LogP contribution is -2.43. The minimum atomic E-state index is -0.334. The third-order valence-corrected chi connectivity index (χ3v) is 3.47. The highest BCUT2D eigenvalue weighted by molar-refractivity contribution is 9.10. The molecule has 0 aliphatic rings. The van der Waals surface area contributed by atoms with Gasteiger partial charge in [0.2, 0.25) is 0 Å². The third-order valence-electron chi connectivity index (χ3n) is 2.97. The molecule has 0 aliphatic carbocycles. The molecule has 1 N–H and O–H groups in total. The van der Waals surface area contributed by atoms with Gasteiger partial charge in [0.05, 0.1) is 0 Å². The minimum absolute atomic E-state index is 0.0768. The summed E-state index contributed by atoms with van der Waals surface area (Å²) in [5.74, 6) is -0.0484. The molecule has 2 nitrogen and oxygen atoms in total. The van der Waals surface area contributed by atoms with Gasteiger partial charge in [0.25, 0.3) is 0 Å². The number of ether oxygens (including phenoxy) is 1. The van der Waals surface area contributed by atoms with E-state index in [9.17, 15) is 4.39 Å². The number of hydrogen-bond donors (Lipinski definition) is 1. The summed E-state index contributed by atoms with van der Waals surface area (Å²) in [4.78, 5) is 0. The molecule has 0 aliphatic heterocycles. The SMILES string of the molecule is CCC(C)(C)NCC(C)Oc1cc(Br)ccc1F. The molecule has 1 atom stereocenters. The first-order valence-electron chi connectivity index (χ1n) is 6.21. The van der Waals surface area contributed by atoms with E-state index in [1.54, 1.807) is 12.1 Å². The highest BCUT2D eigenvalue weighted by Gasteiger charge is 2.16. The summed E-state index contributed by atoms with van der Waals surface area (Å²) in [6.45, 7) is 9.02. The Morgan fingerprint density at radius 3 is 2.72 bits per heavy atom. The monoisotopic (exact) mass is 317 g/mol. The Morgan fingerprint density at radius 1 is 1.44 bits per heavy atom. The van der Waals surface area contributed by atoms with Crippen LogP contribution in [-0.2, 0) is 0 Å². The average molecular weight is 318 g/mol. The second-order valence-corrected chi connectivity index (χ2v) is 6.04. The van der Waals surface area contributed by atoms with Crippen LogP contribution in [0, 0.1) is 5.82 Å². The normalized spacial score (nSPS) is 13.4. The smallest absolute Gasteiger partial charge is 0.165 e. The van der Waals surface area contributed by atoms with E-state index in [0.717, 1.165) is 10.9 Å². The number of benzene rings is 1. The van der Waals surface area contributed by atoms with Crippen molar-refractivity contribution in [2.75, 3.05) is 6.54 Å². The van der Waals surface area contributed by atoms with Crippen LogP contribution in [0.5, 0.6) is 5.75 Å². The first-order chi connectivity index (χ1) is 8.34.